The van der Waals surface area contributed by atoms with Crippen LogP contribution in [0.5, 0.6) is 0 Å². The van der Waals surface area contributed by atoms with Crippen molar-refractivity contribution in [3.05, 3.63) is 35.6 Å². The Labute approximate surface area is 135 Å². The highest BCUT2D eigenvalue weighted by Gasteiger charge is 2.23. The van der Waals surface area contributed by atoms with Gasteiger partial charge >= 0.3 is 6.09 Å². The first-order valence-corrected chi connectivity index (χ1v) is 8.04. The van der Waals surface area contributed by atoms with Crippen LogP contribution in [-0.4, -0.2) is 42.6 Å². The van der Waals surface area contributed by atoms with Gasteiger partial charge in [-0.05, 0) is 43.9 Å². The van der Waals surface area contributed by atoms with Crippen LogP contribution in [0.4, 0.5) is 9.18 Å². The maximum absolute atomic E-state index is 12.8. The summed E-state index contributed by atoms with van der Waals surface area (Å²) in [6.45, 7) is 3.40. The largest absolute Gasteiger partial charge is 0.450 e. The Bertz CT molecular complexity index is 525. The van der Waals surface area contributed by atoms with Crippen LogP contribution in [0.2, 0.25) is 0 Å². The van der Waals surface area contributed by atoms with Crippen LogP contribution >= 0.6 is 0 Å². The fourth-order valence-electron chi connectivity index (χ4n) is 2.67. The summed E-state index contributed by atoms with van der Waals surface area (Å²) in [7, 11) is 0. The topological polar surface area (TPSA) is 58.6 Å². The van der Waals surface area contributed by atoms with E-state index in [-0.39, 0.29) is 17.8 Å². The zero-order chi connectivity index (χ0) is 16.7. The average molecular weight is 322 g/mol. The number of benzene rings is 1. The van der Waals surface area contributed by atoms with Crippen molar-refractivity contribution in [2.24, 2.45) is 0 Å². The van der Waals surface area contributed by atoms with Crippen molar-refractivity contribution in [2.45, 2.75) is 38.6 Å². The Morgan fingerprint density at radius 3 is 2.52 bits per heavy atom. The fraction of sp³-hybridized carbons (Fsp3) is 0.529. The second-order valence-corrected chi connectivity index (χ2v) is 5.65. The van der Waals surface area contributed by atoms with E-state index in [4.69, 9.17) is 4.74 Å². The second-order valence-electron chi connectivity index (χ2n) is 5.65. The molecule has 1 aliphatic heterocycles. The molecule has 0 atom stereocenters. The molecule has 0 saturated carbocycles. The molecule has 1 fully saturated rings. The highest BCUT2D eigenvalue weighted by atomic mass is 19.1. The summed E-state index contributed by atoms with van der Waals surface area (Å²) in [6.07, 6.45) is 2.11. The molecule has 0 aliphatic carbocycles. The lowest BCUT2D eigenvalue weighted by Gasteiger charge is -2.32. The van der Waals surface area contributed by atoms with Crippen LogP contribution in [0.15, 0.2) is 24.3 Å². The second kappa shape index (κ2) is 8.50. The van der Waals surface area contributed by atoms with Gasteiger partial charge in [0.05, 0.1) is 6.61 Å². The molecule has 23 heavy (non-hydrogen) atoms. The molecule has 1 heterocycles. The molecule has 0 spiro atoms. The molecule has 0 unspecified atom stereocenters. The van der Waals surface area contributed by atoms with Gasteiger partial charge in [0.25, 0.3) is 0 Å². The summed E-state index contributed by atoms with van der Waals surface area (Å²) < 4.78 is 17.7. The average Bonchev–Trinajstić information content (AvgIpc) is 2.55. The minimum absolute atomic E-state index is 0.0650. The molecule has 1 aromatic rings. The first-order valence-electron chi connectivity index (χ1n) is 8.04. The molecule has 0 bridgehead atoms. The van der Waals surface area contributed by atoms with Crippen molar-refractivity contribution < 1.29 is 18.7 Å². The van der Waals surface area contributed by atoms with E-state index < -0.39 is 6.09 Å². The third-order valence-corrected chi connectivity index (χ3v) is 3.99. The van der Waals surface area contributed by atoms with Crippen molar-refractivity contribution in [3.8, 4) is 0 Å². The first kappa shape index (κ1) is 17.2. The lowest BCUT2D eigenvalue weighted by atomic mass is 10.0. The van der Waals surface area contributed by atoms with E-state index in [2.05, 4.69) is 5.32 Å². The number of amides is 2. The Morgan fingerprint density at radius 1 is 1.26 bits per heavy atom. The molecular weight excluding hydrogens is 299 g/mol. The van der Waals surface area contributed by atoms with E-state index in [0.717, 1.165) is 18.4 Å². The van der Waals surface area contributed by atoms with E-state index >= 15 is 0 Å². The predicted octanol–water partition coefficient (Wildman–Crippen LogP) is 2.50. The number of halogens is 1. The number of likely N-dealkylation sites (tertiary alicyclic amines) is 1. The van der Waals surface area contributed by atoms with E-state index in [1.807, 2.05) is 4.90 Å². The minimum Gasteiger partial charge on any atom is -0.450 e. The maximum atomic E-state index is 12.8. The van der Waals surface area contributed by atoms with Gasteiger partial charge in [-0.3, -0.25) is 4.79 Å². The highest BCUT2D eigenvalue weighted by molar-refractivity contribution is 5.76. The quantitative estimate of drug-likeness (QED) is 0.906. The SMILES string of the molecule is CCOC(=O)NC1CCN(C(=O)CCc2ccc(F)cc2)CC1. The molecule has 1 aliphatic rings. The Hall–Kier alpha value is -2.11. The number of rotatable bonds is 5. The Kier molecular flexibility index (Phi) is 6.38. The highest BCUT2D eigenvalue weighted by Crippen LogP contribution is 2.13. The molecule has 0 aromatic heterocycles. The molecule has 1 N–H and O–H groups in total. The normalized spacial score (nSPS) is 15.3. The summed E-state index contributed by atoms with van der Waals surface area (Å²) in [5.41, 5.74) is 0.957. The molecule has 0 radical (unpaired) electrons. The fourth-order valence-corrected chi connectivity index (χ4v) is 2.67. The molecule has 1 saturated heterocycles. The molecule has 1 aromatic carbocycles. The molecule has 5 nitrogen and oxygen atoms in total. The van der Waals surface area contributed by atoms with E-state index in [1.54, 1.807) is 19.1 Å². The van der Waals surface area contributed by atoms with E-state index in [1.165, 1.54) is 12.1 Å². The number of carbonyl (C=O) groups excluding carboxylic acids is 2. The molecule has 126 valence electrons. The lowest BCUT2D eigenvalue weighted by Crippen LogP contribution is -2.46. The van der Waals surface area contributed by atoms with Crippen molar-refractivity contribution >= 4 is 12.0 Å². The number of piperidine rings is 1. The maximum Gasteiger partial charge on any atom is 0.407 e. The monoisotopic (exact) mass is 322 g/mol. The molecule has 2 rings (SSSR count). The van der Waals surface area contributed by atoms with Gasteiger partial charge in [0.2, 0.25) is 5.91 Å². The summed E-state index contributed by atoms with van der Waals surface area (Å²) in [5.74, 6) is -0.167. The van der Waals surface area contributed by atoms with Crippen molar-refractivity contribution in [1.82, 2.24) is 10.2 Å². The van der Waals surface area contributed by atoms with Gasteiger partial charge < -0.3 is 15.0 Å². The van der Waals surface area contributed by atoms with E-state index in [0.29, 0.717) is 32.5 Å². The van der Waals surface area contributed by atoms with Crippen molar-refractivity contribution in [3.63, 3.8) is 0 Å². The number of hydrogen-bond donors (Lipinski definition) is 1. The van der Waals surface area contributed by atoms with Crippen LogP contribution in [0, 0.1) is 5.82 Å². The lowest BCUT2D eigenvalue weighted by molar-refractivity contribution is -0.132. The molecule has 6 heteroatoms. The number of nitrogens with zero attached hydrogens (tertiary/aromatic N) is 1. The van der Waals surface area contributed by atoms with Gasteiger partial charge in [0.15, 0.2) is 0 Å². The predicted molar refractivity (Wildman–Crippen MR) is 84.5 cm³/mol. The summed E-state index contributed by atoms with van der Waals surface area (Å²) in [4.78, 5) is 25.4. The van der Waals surface area contributed by atoms with Gasteiger partial charge in [-0.25, -0.2) is 9.18 Å². The van der Waals surface area contributed by atoms with Gasteiger partial charge in [0.1, 0.15) is 5.82 Å². The number of alkyl carbamates (subject to hydrolysis) is 1. The van der Waals surface area contributed by atoms with Crippen molar-refractivity contribution in [2.75, 3.05) is 19.7 Å². The van der Waals surface area contributed by atoms with Gasteiger partial charge in [-0.2, -0.15) is 0 Å². The Balaban J connectivity index is 1.71. The van der Waals surface area contributed by atoms with Crippen LogP contribution in [0.1, 0.15) is 31.7 Å². The van der Waals surface area contributed by atoms with Gasteiger partial charge in [0, 0.05) is 25.6 Å². The van der Waals surface area contributed by atoms with E-state index in [9.17, 15) is 14.0 Å². The Morgan fingerprint density at radius 2 is 1.91 bits per heavy atom. The number of nitrogens with one attached hydrogen (secondary N) is 1. The summed E-state index contributed by atoms with van der Waals surface area (Å²) in [5, 5.41) is 2.81. The van der Waals surface area contributed by atoms with Crippen LogP contribution in [0.3, 0.4) is 0 Å². The summed E-state index contributed by atoms with van der Waals surface area (Å²) in [6, 6.07) is 6.30. The van der Waals surface area contributed by atoms with Crippen molar-refractivity contribution in [1.29, 1.82) is 0 Å². The van der Waals surface area contributed by atoms with Gasteiger partial charge in [-0.15, -0.1) is 0 Å². The molecule has 2 amide bonds. The molecular formula is C17H23FN2O3. The number of aryl methyl sites for hydroxylation is 1. The minimum atomic E-state index is -0.395. The number of carbonyl (C=O) groups is 2. The van der Waals surface area contributed by atoms with Crippen LogP contribution in [0.25, 0.3) is 0 Å². The van der Waals surface area contributed by atoms with Crippen LogP contribution in [-0.2, 0) is 16.0 Å². The number of hydrogen-bond acceptors (Lipinski definition) is 3. The smallest absolute Gasteiger partial charge is 0.407 e. The standard InChI is InChI=1S/C17H23FN2O3/c1-2-23-17(22)19-15-9-11-20(12-10-15)16(21)8-5-13-3-6-14(18)7-4-13/h3-4,6-7,15H,2,5,8-12H2,1H3,(H,19,22). The van der Waals surface area contributed by atoms with Crippen LogP contribution < -0.4 is 5.32 Å². The first-order chi connectivity index (χ1) is 11.1. The third-order valence-electron chi connectivity index (χ3n) is 3.99. The summed E-state index contributed by atoms with van der Waals surface area (Å²) >= 11 is 0. The van der Waals surface area contributed by atoms with Gasteiger partial charge in [-0.1, -0.05) is 12.1 Å². The number of ether oxygens (including phenoxy) is 1. The zero-order valence-corrected chi connectivity index (χ0v) is 13.4. The third kappa shape index (κ3) is 5.54. The zero-order valence-electron chi connectivity index (χ0n) is 13.4.